The summed E-state index contributed by atoms with van der Waals surface area (Å²) in [6, 6.07) is 0. The highest BCUT2D eigenvalue weighted by molar-refractivity contribution is 7.98. The molecule has 1 heterocycles. The van der Waals surface area contributed by atoms with Crippen molar-refractivity contribution in [3.63, 3.8) is 0 Å². The fourth-order valence-electron chi connectivity index (χ4n) is 1.56. The molecule has 1 nitrogen and oxygen atoms in total. The van der Waals surface area contributed by atoms with Crippen LogP contribution in [-0.4, -0.2) is 24.3 Å². The number of hydrogen-bond donors (Lipinski definition) is 0. The zero-order valence-corrected chi connectivity index (χ0v) is 10.3. The molecule has 0 amide bonds. The van der Waals surface area contributed by atoms with Crippen molar-refractivity contribution in [2.75, 3.05) is 18.6 Å². The van der Waals surface area contributed by atoms with Crippen LogP contribution in [-0.2, 0) is 0 Å². The zero-order chi connectivity index (χ0) is 10.4. The molecule has 14 heavy (non-hydrogen) atoms. The van der Waals surface area contributed by atoms with Crippen molar-refractivity contribution in [3.8, 4) is 0 Å². The molecule has 1 aliphatic heterocycles. The molecule has 80 valence electrons. The van der Waals surface area contributed by atoms with Gasteiger partial charge in [-0.05, 0) is 42.8 Å². The van der Waals surface area contributed by atoms with Crippen LogP contribution in [0.2, 0.25) is 0 Å². The molecule has 0 bridgehead atoms. The number of rotatable bonds is 5. The summed E-state index contributed by atoms with van der Waals surface area (Å²) in [4.78, 5) is 4.58. The van der Waals surface area contributed by atoms with E-state index < -0.39 is 0 Å². The van der Waals surface area contributed by atoms with E-state index in [1.54, 1.807) is 0 Å². The Labute approximate surface area is 92.1 Å². The molecule has 0 aromatic rings. The Morgan fingerprint density at radius 2 is 2.43 bits per heavy atom. The third-order valence-corrected chi connectivity index (χ3v) is 3.22. The molecule has 0 saturated carbocycles. The molecule has 2 unspecified atom stereocenters. The maximum atomic E-state index is 4.58. The number of nitrogens with zero attached hydrogens (tertiary/aromatic N) is 1. The van der Waals surface area contributed by atoms with E-state index in [-0.39, 0.29) is 0 Å². The van der Waals surface area contributed by atoms with Gasteiger partial charge in [-0.3, -0.25) is 4.99 Å². The van der Waals surface area contributed by atoms with E-state index in [1.165, 1.54) is 17.9 Å². The summed E-state index contributed by atoms with van der Waals surface area (Å²) >= 11 is 1.93. The summed E-state index contributed by atoms with van der Waals surface area (Å²) in [5, 5.41) is 0. The Bertz CT molecular complexity index is 220. The zero-order valence-electron chi connectivity index (χ0n) is 9.49. The second-order valence-electron chi connectivity index (χ2n) is 4.26. The molecule has 0 fully saturated rings. The van der Waals surface area contributed by atoms with Gasteiger partial charge in [0.15, 0.2) is 0 Å². The van der Waals surface area contributed by atoms with Crippen molar-refractivity contribution >= 4 is 17.5 Å². The predicted octanol–water partition coefficient (Wildman–Crippen LogP) is 3.41. The monoisotopic (exact) mass is 211 g/mol. The van der Waals surface area contributed by atoms with E-state index in [0.717, 1.165) is 18.9 Å². The molecule has 0 saturated heterocycles. The van der Waals surface area contributed by atoms with E-state index in [9.17, 15) is 0 Å². The Hall–Kier alpha value is -0.240. The van der Waals surface area contributed by atoms with Gasteiger partial charge in [0, 0.05) is 12.3 Å². The van der Waals surface area contributed by atoms with Crippen LogP contribution in [0.5, 0.6) is 0 Å². The third-order valence-electron chi connectivity index (χ3n) is 2.57. The third kappa shape index (κ3) is 4.32. The highest BCUT2D eigenvalue weighted by Gasteiger charge is 2.08. The van der Waals surface area contributed by atoms with Gasteiger partial charge in [-0.25, -0.2) is 0 Å². The number of dihydropyridines is 1. The van der Waals surface area contributed by atoms with Crippen molar-refractivity contribution in [1.82, 2.24) is 0 Å². The van der Waals surface area contributed by atoms with Gasteiger partial charge in [0.2, 0.25) is 0 Å². The highest BCUT2D eigenvalue weighted by Crippen LogP contribution is 2.15. The number of hydrogen-bond acceptors (Lipinski definition) is 2. The van der Waals surface area contributed by atoms with Crippen LogP contribution in [0, 0.1) is 11.8 Å². The van der Waals surface area contributed by atoms with Gasteiger partial charge >= 0.3 is 0 Å². The second kappa shape index (κ2) is 6.28. The molecular formula is C12H21NS. The van der Waals surface area contributed by atoms with Gasteiger partial charge in [-0.2, -0.15) is 11.8 Å². The van der Waals surface area contributed by atoms with Crippen LogP contribution >= 0.6 is 11.8 Å². The summed E-state index contributed by atoms with van der Waals surface area (Å²) in [7, 11) is 0. The van der Waals surface area contributed by atoms with Gasteiger partial charge in [0.25, 0.3) is 0 Å². The highest BCUT2D eigenvalue weighted by atomic mass is 32.2. The summed E-state index contributed by atoms with van der Waals surface area (Å²) in [5.74, 6) is 2.69. The lowest BCUT2D eigenvalue weighted by atomic mass is 9.98. The molecule has 2 atom stereocenters. The van der Waals surface area contributed by atoms with Crippen LogP contribution in [0.4, 0.5) is 0 Å². The van der Waals surface area contributed by atoms with Crippen LogP contribution in [0.3, 0.4) is 0 Å². The predicted molar refractivity (Wildman–Crippen MR) is 67.4 cm³/mol. The molecule has 1 aliphatic rings. The van der Waals surface area contributed by atoms with Crippen molar-refractivity contribution in [3.05, 3.63) is 12.2 Å². The number of thioether (sulfide) groups is 1. The summed E-state index contributed by atoms with van der Waals surface area (Å²) in [6.07, 6.45) is 9.13. The molecule has 1 rings (SSSR count). The molecule has 2 heteroatoms. The maximum absolute atomic E-state index is 4.58. The molecule has 0 N–H and O–H groups in total. The molecule has 0 aromatic carbocycles. The van der Waals surface area contributed by atoms with E-state index in [1.807, 2.05) is 11.8 Å². The molecule has 0 aromatic heterocycles. The van der Waals surface area contributed by atoms with Gasteiger partial charge < -0.3 is 0 Å². The fraction of sp³-hybridized carbons (Fsp3) is 0.750. The van der Waals surface area contributed by atoms with E-state index in [2.05, 4.69) is 37.2 Å². The van der Waals surface area contributed by atoms with Crippen molar-refractivity contribution in [2.45, 2.75) is 26.7 Å². The van der Waals surface area contributed by atoms with E-state index in [0.29, 0.717) is 5.92 Å². The smallest absolute Gasteiger partial charge is 0.0452 e. The molecule has 0 spiro atoms. The van der Waals surface area contributed by atoms with Crippen LogP contribution in [0.15, 0.2) is 17.1 Å². The first-order valence-corrected chi connectivity index (χ1v) is 6.82. The minimum Gasteiger partial charge on any atom is -0.289 e. The van der Waals surface area contributed by atoms with Gasteiger partial charge in [-0.15, -0.1) is 0 Å². The maximum Gasteiger partial charge on any atom is 0.0452 e. The Morgan fingerprint density at radius 1 is 1.64 bits per heavy atom. The SMILES string of the molecule is CSCCC(C)CC1=NCC(C)C=C1. The first-order valence-electron chi connectivity index (χ1n) is 5.43. The summed E-state index contributed by atoms with van der Waals surface area (Å²) in [5.41, 5.74) is 1.30. The quantitative estimate of drug-likeness (QED) is 0.679. The number of allylic oxidation sites excluding steroid dienone is 1. The molecule has 0 radical (unpaired) electrons. The lowest BCUT2D eigenvalue weighted by Gasteiger charge is -2.14. The fourth-order valence-corrected chi connectivity index (χ4v) is 2.20. The first kappa shape index (κ1) is 11.8. The minimum atomic E-state index is 0.639. The average Bonchev–Trinajstić information content (AvgIpc) is 2.18. The van der Waals surface area contributed by atoms with Crippen LogP contribution in [0.1, 0.15) is 26.7 Å². The van der Waals surface area contributed by atoms with Gasteiger partial charge in [0.1, 0.15) is 0 Å². The lowest BCUT2D eigenvalue weighted by molar-refractivity contribution is 0.589. The Kier molecular flexibility index (Phi) is 5.31. The molecular weight excluding hydrogens is 190 g/mol. The van der Waals surface area contributed by atoms with Gasteiger partial charge in [0.05, 0.1) is 0 Å². The standard InChI is InChI=1S/C12H21NS/c1-10(6-7-14-3)8-12-5-4-11(2)9-13-12/h4-5,10-11H,6-9H2,1-3H3. The van der Waals surface area contributed by atoms with Crippen LogP contribution < -0.4 is 0 Å². The Balaban J connectivity index is 2.27. The van der Waals surface area contributed by atoms with Crippen molar-refractivity contribution < 1.29 is 0 Å². The summed E-state index contributed by atoms with van der Waals surface area (Å²) < 4.78 is 0. The summed E-state index contributed by atoms with van der Waals surface area (Å²) in [6.45, 7) is 5.53. The Morgan fingerprint density at radius 3 is 3.00 bits per heavy atom. The first-order chi connectivity index (χ1) is 6.72. The largest absolute Gasteiger partial charge is 0.289 e. The topological polar surface area (TPSA) is 12.4 Å². The van der Waals surface area contributed by atoms with E-state index >= 15 is 0 Å². The van der Waals surface area contributed by atoms with Crippen LogP contribution in [0.25, 0.3) is 0 Å². The normalized spacial score (nSPS) is 23.4. The van der Waals surface area contributed by atoms with Crippen molar-refractivity contribution in [1.29, 1.82) is 0 Å². The van der Waals surface area contributed by atoms with Crippen molar-refractivity contribution in [2.24, 2.45) is 16.8 Å². The average molecular weight is 211 g/mol. The number of aliphatic imine (C=N–C) groups is 1. The van der Waals surface area contributed by atoms with E-state index in [4.69, 9.17) is 0 Å². The minimum absolute atomic E-state index is 0.639. The van der Waals surface area contributed by atoms with Gasteiger partial charge in [-0.1, -0.05) is 19.9 Å². The molecule has 0 aliphatic carbocycles. The lowest BCUT2D eigenvalue weighted by Crippen LogP contribution is -2.11. The second-order valence-corrected chi connectivity index (χ2v) is 5.24.